The summed E-state index contributed by atoms with van der Waals surface area (Å²) in [6.45, 7) is 2.00. The molecule has 0 bridgehead atoms. The van der Waals surface area contributed by atoms with Crippen molar-refractivity contribution in [3.8, 4) is 0 Å². The van der Waals surface area contributed by atoms with Crippen molar-refractivity contribution in [2.45, 2.75) is 50.7 Å². The van der Waals surface area contributed by atoms with E-state index in [1.54, 1.807) is 0 Å². The Hall–Kier alpha value is -0.290. The predicted octanol–water partition coefficient (Wildman–Crippen LogP) is 3.04. The highest BCUT2D eigenvalue weighted by atomic mass is 19.4. The van der Waals surface area contributed by atoms with Crippen molar-refractivity contribution in [2.75, 3.05) is 27.2 Å². The van der Waals surface area contributed by atoms with Gasteiger partial charge in [-0.15, -0.1) is 0 Å². The summed E-state index contributed by atoms with van der Waals surface area (Å²) in [4.78, 5) is 2.15. The van der Waals surface area contributed by atoms with Crippen LogP contribution in [-0.4, -0.2) is 44.3 Å². The first-order valence-electron chi connectivity index (χ1n) is 6.84. The standard InChI is InChI=1S/C13H25F3N2/c1-18(2)10-4-3-9-17-12-7-5-11(6-8-12)13(14,15)16/h11-12,17H,3-10H2,1-2H3. The molecule has 0 atom stereocenters. The third-order valence-electron chi connectivity index (χ3n) is 3.66. The average molecular weight is 266 g/mol. The van der Waals surface area contributed by atoms with Gasteiger partial charge in [-0.25, -0.2) is 0 Å². The van der Waals surface area contributed by atoms with E-state index < -0.39 is 12.1 Å². The molecule has 0 aromatic heterocycles. The van der Waals surface area contributed by atoms with Gasteiger partial charge in [-0.1, -0.05) is 0 Å². The van der Waals surface area contributed by atoms with Crippen LogP contribution in [0.4, 0.5) is 13.2 Å². The highest BCUT2D eigenvalue weighted by Crippen LogP contribution is 2.37. The molecule has 0 heterocycles. The first kappa shape index (κ1) is 15.8. The van der Waals surface area contributed by atoms with Crippen LogP contribution >= 0.6 is 0 Å². The van der Waals surface area contributed by atoms with Crippen LogP contribution in [-0.2, 0) is 0 Å². The van der Waals surface area contributed by atoms with Gasteiger partial charge in [0, 0.05) is 6.04 Å². The average Bonchev–Trinajstić information content (AvgIpc) is 2.27. The van der Waals surface area contributed by atoms with Crippen LogP contribution in [0.1, 0.15) is 38.5 Å². The minimum atomic E-state index is -3.99. The van der Waals surface area contributed by atoms with Crippen molar-refractivity contribution in [2.24, 2.45) is 5.92 Å². The van der Waals surface area contributed by atoms with Gasteiger partial charge in [0.25, 0.3) is 0 Å². The van der Waals surface area contributed by atoms with Crippen molar-refractivity contribution in [1.82, 2.24) is 10.2 Å². The summed E-state index contributed by atoms with van der Waals surface area (Å²) in [5.41, 5.74) is 0. The topological polar surface area (TPSA) is 15.3 Å². The van der Waals surface area contributed by atoms with Crippen LogP contribution in [0, 0.1) is 5.92 Å². The Labute approximate surface area is 108 Å². The summed E-state index contributed by atoms with van der Waals surface area (Å²) in [5.74, 6) is -1.07. The van der Waals surface area contributed by atoms with E-state index in [9.17, 15) is 13.2 Å². The molecule has 5 heteroatoms. The molecule has 0 aliphatic heterocycles. The number of nitrogens with one attached hydrogen (secondary N) is 1. The van der Waals surface area contributed by atoms with E-state index in [1.807, 2.05) is 14.1 Å². The highest BCUT2D eigenvalue weighted by molar-refractivity contribution is 4.80. The van der Waals surface area contributed by atoms with Gasteiger partial charge < -0.3 is 10.2 Å². The van der Waals surface area contributed by atoms with Gasteiger partial charge in [0.05, 0.1) is 5.92 Å². The Morgan fingerprint density at radius 3 is 2.17 bits per heavy atom. The number of hydrogen-bond acceptors (Lipinski definition) is 2. The van der Waals surface area contributed by atoms with E-state index in [2.05, 4.69) is 10.2 Å². The van der Waals surface area contributed by atoms with Gasteiger partial charge in [-0.05, 0) is 65.7 Å². The number of rotatable bonds is 6. The van der Waals surface area contributed by atoms with Crippen molar-refractivity contribution < 1.29 is 13.2 Å². The first-order chi connectivity index (χ1) is 8.39. The zero-order chi connectivity index (χ0) is 13.6. The third kappa shape index (κ3) is 6.05. The third-order valence-corrected chi connectivity index (χ3v) is 3.66. The number of hydrogen-bond donors (Lipinski definition) is 1. The van der Waals surface area contributed by atoms with Crippen molar-refractivity contribution in [3.05, 3.63) is 0 Å². The minimum Gasteiger partial charge on any atom is -0.314 e. The lowest BCUT2D eigenvalue weighted by atomic mass is 9.85. The summed E-state index contributed by atoms with van der Waals surface area (Å²) in [6, 6.07) is 0.294. The molecular weight excluding hydrogens is 241 g/mol. The smallest absolute Gasteiger partial charge is 0.314 e. The largest absolute Gasteiger partial charge is 0.391 e. The molecule has 1 fully saturated rings. The van der Waals surface area contributed by atoms with Crippen LogP contribution in [0.2, 0.25) is 0 Å². The molecule has 1 aliphatic carbocycles. The molecule has 1 aliphatic rings. The second-order valence-corrected chi connectivity index (χ2v) is 5.55. The maximum atomic E-state index is 12.5. The zero-order valence-electron chi connectivity index (χ0n) is 11.4. The Balaban J connectivity index is 2.06. The fraction of sp³-hybridized carbons (Fsp3) is 1.00. The van der Waals surface area contributed by atoms with Crippen molar-refractivity contribution in [1.29, 1.82) is 0 Å². The van der Waals surface area contributed by atoms with Gasteiger partial charge in [0.15, 0.2) is 0 Å². The van der Waals surface area contributed by atoms with Crippen LogP contribution in [0.3, 0.4) is 0 Å². The second-order valence-electron chi connectivity index (χ2n) is 5.55. The molecule has 0 aromatic carbocycles. The molecule has 0 radical (unpaired) electrons. The van der Waals surface area contributed by atoms with Crippen LogP contribution in [0.5, 0.6) is 0 Å². The lowest BCUT2D eigenvalue weighted by Gasteiger charge is -2.30. The van der Waals surface area contributed by atoms with E-state index in [1.165, 1.54) is 0 Å². The predicted molar refractivity (Wildman–Crippen MR) is 67.6 cm³/mol. The fourth-order valence-electron chi connectivity index (χ4n) is 2.48. The molecular formula is C13H25F3N2. The maximum absolute atomic E-state index is 12.5. The SMILES string of the molecule is CN(C)CCCCNC1CCC(C(F)(F)F)CC1. The number of unbranched alkanes of at least 4 members (excludes halogenated alkanes) is 1. The van der Waals surface area contributed by atoms with Crippen LogP contribution in [0.15, 0.2) is 0 Å². The molecule has 0 saturated heterocycles. The monoisotopic (exact) mass is 266 g/mol. The maximum Gasteiger partial charge on any atom is 0.391 e. The molecule has 0 amide bonds. The fourth-order valence-corrected chi connectivity index (χ4v) is 2.48. The van der Waals surface area contributed by atoms with Gasteiger partial charge in [0.2, 0.25) is 0 Å². The first-order valence-corrected chi connectivity index (χ1v) is 6.84. The number of alkyl halides is 3. The Kier molecular flexibility index (Phi) is 6.43. The van der Waals surface area contributed by atoms with Gasteiger partial charge in [-0.2, -0.15) is 13.2 Å². The van der Waals surface area contributed by atoms with E-state index in [0.29, 0.717) is 31.7 Å². The molecule has 1 rings (SSSR count). The van der Waals surface area contributed by atoms with Crippen molar-refractivity contribution in [3.63, 3.8) is 0 Å². The van der Waals surface area contributed by atoms with Gasteiger partial charge in [0.1, 0.15) is 0 Å². The Morgan fingerprint density at radius 1 is 1.06 bits per heavy atom. The lowest BCUT2D eigenvalue weighted by molar-refractivity contribution is -0.182. The van der Waals surface area contributed by atoms with Gasteiger partial charge >= 0.3 is 6.18 Å². The molecule has 0 unspecified atom stereocenters. The van der Waals surface area contributed by atoms with Crippen molar-refractivity contribution >= 4 is 0 Å². The lowest BCUT2D eigenvalue weighted by Crippen LogP contribution is -2.37. The van der Waals surface area contributed by atoms with E-state index in [-0.39, 0.29) is 0 Å². The zero-order valence-corrected chi connectivity index (χ0v) is 11.4. The summed E-state index contributed by atoms with van der Waals surface area (Å²) in [5, 5.41) is 3.38. The highest BCUT2D eigenvalue weighted by Gasteiger charge is 2.41. The molecule has 108 valence electrons. The van der Waals surface area contributed by atoms with Gasteiger partial charge in [-0.3, -0.25) is 0 Å². The summed E-state index contributed by atoms with van der Waals surface area (Å²) < 4.78 is 37.4. The Bertz CT molecular complexity index is 221. The number of nitrogens with zero attached hydrogens (tertiary/aromatic N) is 1. The molecule has 1 N–H and O–H groups in total. The molecule has 0 aromatic rings. The normalized spacial score (nSPS) is 25.7. The summed E-state index contributed by atoms with van der Waals surface area (Å²) in [7, 11) is 4.09. The van der Waals surface area contributed by atoms with E-state index in [0.717, 1.165) is 25.9 Å². The Morgan fingerprint density at radius 2 is 1.67 bits per heavy atom. The number of halogens is 3. The summed E-state index contributed by atoms with van der Waals surface area (Å²) in [6.07, 6.45) is 0.152. The van der Waals surface area contributed by atoms with E-state index >= 15 is 0 Å². The summed E-state index contributed by atoms with van der Waals surface area (Å²) >= 11 is 0. The molecule has 18 heavy (non-hydrogen) atoms. The molecule has 2 nitrogen and oxygen atoms in total. The second kappa shape index (κ2) is 7.34. The van der Waals surface area contributed by atoms with Crippen LogP contribution in [0.25, 0.3) is 0 Å². The molecule has 0 spiro atoms. The van der Waals surface area contributed by atoms with E-state index in [4.69, 9.17) is 0 Å². The minimum absolute atomic E-state index is 0.291. The quantitative estimate of drug-likeness (QED) is 0.743. The van der Waals surface area contributed by atoms with Crippen LogP contribution < -0.4 is 5.32 Å². The molecule has 1 saturated carbocycles.